The molecule has 3 N–H and O–H groups in total. The second kappa shape index (κ2) is 4.84. The molecule has 2 amide bonds. The first-order valence-corrected chi connectivity index (χ1v) is 4.86. The number of hydrazine groups is 1. The zero-order chi connectivity index (χ0) is 9.68. The molecule has 1 heterocycles. The van der Waals surface area contributed by atoms with Crippen LogP contribution in [0.3, 0.4) is 0 Å². The minimum absolute atomic E-state index is 0.253. The highest BCUT2D eigenvalue weighted by atomic mass is 32.1. The highest BCUT2D eigenvalue weighted by molar-refractivity contribution is 7.09. The maximum absolute atomic E-state index is 11.0. The van der Waals surface area contributed by atoms with Crippen molar-refractivity contribution < 1.29 is 4.79 Å². The Morgan fingerprint density at radius 3 is 3.08 bits per heavy atom. The summed E-state index contributed by atoms with van der Waals surface area (Å²) in [6, 6.07) is 3.80. The lowest BCUT2D eigenvalue weighted by Crippen LogP contribution is -2.41. The van der Waals surface area contributed by atoms with Gasteiger partial charge in [-0.3, -0.25) is 5.43 Å². The highest BCUT2D eigenvalue weighted by Gasteiger charge is 2.05. The van der Waals surface area contributed by atoms with E-state index in [-0.39, 0.29) is 6.03 Å². The lowest BCUT2D eigenvalue weighted by atomic mass is 10.3. The van der Waals surface area contributed by atoms with Gasteiger partial charge in [-0.2, -0.15) is 0 Å². The van der Waals surface area contributed by atoms with Crippen LogP contribution in [-0.2, 0) is 6.42 Å². The number of thiophene rings is 1. The molecule has 0 aromatic carbocycles. The van der Waals surface area contributed by atoms with Crippen LogP contribution >= 0.6 is 11.3 Å². The fourth-order valence-corrected chi connectivity index (χ4v) is 1.64. The second-order valence-corrected chi connectivity index (χ2v) is 3.73. The van der Waals surface area contributed by atoms with Crippen molar-refractivity contribution in [1.82, 2.24) is 10.3 Å². The van der Waals surface area contributed by atoms with Gasteiger partial charge in [0, 0.05) is 18.5 Å². The molecule has 0 radical (unpaired) electrons. The van der Waals surface area contributed by atoms with Gasteiger partial charge in [-0.15, -0.1) is 11.3 Å². The molecule has 1 aromatic heterocycles. The van der Waals surface area contributed by atoms with Crippen molar-refractivity contribution in [3.05, 3.63) is 22.4 Å². The molecule has 0 aliphatic rings. The number of amides is 2. The molecule has 0 bridgehead atoms. The molecule has 1 rings (SSSR count). The molecule has 0 aliphatic carbocycles. The zero-order valence-corrected chi connectivity index (χ0v) is 8.30. The fourth-order valence-electron chi connectivity index (χ4n) is 0.944. The monoisotopic (exact) mass is 199 g/mol. The topological polar surface area (TPSA) is 58.4 Å². The van der Waals surface area contributed by atoms with Gasteiger partial charge in [-0.1, -0.05) is 6.07 Å². The molecule has 0 fully saturated rings. The summed E-state index contributed by atoms with van der Waals surface area (Å²) in [5, 5.41) is 2.03. The number of hydrogen-bond acceptors (Lipinski definition) is 3. The van der Waals surface area contributed by atoms with Crippen molar-refractivity contribution in [2.45, 2.75) is 6.42 Å². The number of rotatable bonds is 3. The molecule has 0 saturated carbocycles. The van der Waals surface area contributed by atoms with Crippen molar-refractivity contribution in [2.75, 3.05) is 13.6 Å². The smallest absolute Gasteiger partial charge is 0.326 e. The summed E-state index contributed by atoms with van der Waals surface area (Å²) in [5.41, 5.74) is 2.09. The van der Waals surface area contributed by atoms with E-state index in [2.05, 4.69) is 11.5 Å². The van der Waals surface area contributed by atoms with E-state index < -0.39 is 0 Å². The fraction of sp³-hybridized carbons (Fsp3) is 0.375. The predicted molar refractivity (Wildman–Crippen MR) is 53.4 cm³/mol. The first kappa shape index (κ1) is 10.0. The third-order valence-electron chi connectivity index (χ3n) is 1.74. The Hall–Kier alpha value is -1.07. The van der Waals surface area contributed by atoms with Gasteiger partial charge in [0.2, 0.25) is 0 Å². The number of carbonyl (C=O) groups is 1. The Balaban J connectivity index is 2.30. The third kappa shape index (κ3) is 3.04. The van der Waals surface area contributed by atoms with Crippen LogP contribution in [0.2, 0.25) is 0 Å². The van der Waals surface area contributed by atoms with Crippen LogP contribution in [0.5, 0.6) is 0 Å². The minimum Gasteiger partial charge on any atom is -0.326 e. The van der Waals surface area contributed by atoms with Crippen molar-refractivity contribution >= 4 is 17.4 Å². The summed E-state index contributed by atoms with van der Waals surface area (Å²) < 4.78 is 0. The number of nitrogens with zero attached hydrogens (tertiary/aromatic N) is 1. The van der Waals surface area contributed by atoms with Gasteiger partial charge >= 0.3 is 6.03 Å². The van der Waals surface area contributed by atoms with E-state index in [1.807, 2.05) is 11.4 Å². The van der Waals surface area contributed by atoms with Gasteiger partial charge in [0.05, 0.1) is 0 Å². The predicted octanol–water partition coefficient (Wildman–Crippen LogP) is 0.806. The van der Waals surface area contributed by atoms with Crippen LogP contribution in [0.15, 0.2) is 17.5 Å². The third-order valence-corrected chi connectivity index (χ3v) is 2.68. The zero-order valence-electron chi connectivity index (χ0n) is 7.49. The van der Waals surface area contributed by atoms with Gasteiger partial charge in [-0.05, 0) is 17.9 Å². The van der Waals surface area contributed by atoms with E-state index in [0.29, 0.717) is 6.54 Å². The molecular formula is C8H13N3OS. The van der Waals surface area contributed by atoms with Gasteiger partial charge < -0.3 is 4.90 Å². The Bertz CT molecular complexity index is 260. The summed E-state index contributed by atoms with van der Waals surface area (Å²) in [6.07, 6.45) is 0.877. The lowest BCUT2D eigenvalue weighted by molar-refractivity contribution is 0.209. The lowest BCUT2D eigenvalue weighted by Gasteiger charge is -2.15. The minimum atomic E-state index is -0.253. The quantitative estimate of drug-likeness (QED) is 0.430. The molecule has 0 unspecified atom stereocenters. The summed E-state index contributed by atoms with van der Waals surface area (Å²) in [4.78, 5) is 13.8. The maximum atomic E-state index is 11.0. The van der Waals surface area contributed by atoms with Crippen molar-refractivity contribution in [1.29, 1.82) is 0 Å². The average molecular weight is 199 g/mol. The SMILES string of the molecule is CN(CCc1cccs1)C(=O)NN. The molecular weight excluding hydrogens is 186 g/mol. The standard InChI is InChI=1S/C8H13N3OS/c1-11(8(12)10-9)5-4-7-3-2-6-13-7/h2-3,6H,4-5,9H2,1H3,(H,10,12). The van der Waals surface area contributed by atoms with Crippen LogP contribution in [0.1, 0.15) is 4.88 Å². The van der Waals surface area contributed by atoms with Gasteiger partial charge in [0.1, 0.15) is 0 Å². The average Bonchev–Trinajstić information content (AvgIpc) is 2.65. The van der Waals surface area contributed by atoms with Crippen molar-refractivity contribution in [3.63, 3.8) is 0 Å². The summed E-state index contributed by atoms with van der Waals surface area (Å²) >= 11 is 1.69. The number of urea groups is 1. The summed E-state index contributed by atoms with van der Waals surface area (Å²) in [6.45, 7) is 0.684. The van der Waals surface area contributed by atoms with E-state index in [1.165, 1.54) is 4.88 Å². The molecule has 0 atom stereocenters. The van der Waals surface area contributed by atoms with E-state index in [0.717, 1.165) is 6.42 Å². The first-order valence-electron chi connectivity index (χ1n) is 3.98. The molecule has 0 saturated heterocycles. The molecule has 0 aliphatic heterocycles. The highest BCUT2D eigenvalue weighted by Crippen LogP contribution is 2.09. The molecule has 1 aromatic rings. The second-order valence-electron chi connectivity index (χ2n) is 2.70. The largest absolute Gasteiger partial charge is 0.331 e. The van der Waals surface area contributed by atoms with Crippen LogP contribution in [0, 0.1) is 0 Å². The number of nitrogens with two attached hydrogens (primary N) is 1. The normalized spacial score (nSPS) is 9.69. The molecule has 4 nitrogen and oxygen atoms in total. The maximum Gasteiger partial charge on any atom is 0.331 e. The number of likely N-dealkylation sites (N-methyl/N-ethyl adjacent to an activating group) is 1. The number of nitrogens with one attached hydrogen (secondary N) is 1. The van der Waals surface area contributed by atoms with Crippen LogP contribution in [0.25, 0.3) is 0 Å². The Labute approximate surface area is 81.3 Å². The summed E-state index contributed by atoms with van der Waals surface area (Å²) in [7, 11) is 1.72. The van der Waals surface area contributed by atoms with E-state index >= 15 is 0 Å². The first-order chi connectivity index (χ1) is 6.24. The van der Waals surface area contributed by atoms with Crippen LogP contribution in [-0.4, -0.2) is 24.5 Å². The van der Waals surface area contributed by atoms with Gasteiger partial charge in [-0.25, -0.2) is 10.6 Å². The van der Waals surface area contributed by atoms with E-state index in [9.17, 15) is 4.79 Å². The number of carbonyl (C=O) groups excluding carboxylic acids is 1. The Morgan fingerprint density at radius 1 is 1.77 bits per heavy atom. The molecule has 72 valence electrons. The number of hydrogen-bond donors (Lipinski definition) is 2. The van der Waals surface area contributed by atoms with Gasteiger partial charge in [0.15, 0.2) is 0 Å². The Morgan fingerprint density at radius 2 is 2.54 bits per heavy atom. The van der Waals surface area contributed by atoms with Crippen LogP contribution in [0.4, 0.5) is 4.79 Å². The van der Waals surface area contributed by atoms with Gasteiger partial charge in [0.25, 0.3) is 0 Å². The van der Waals surface area contributed by atoms with E-state index in [4.69, 9.17) is 5.84 Å². The van der Waals surface area contributed by atoms with Crippen molar-refractivity contribution in [2.24, 2.45) is 5.84 Å². The summed E-state index contributed by atoms with van der Waals surface area (Å²) in [5.74, 6) is 4.98. The molecule has 0 spiro atoms. The molecule has 13 heavy (non-hydrogen) atoms. The van der Waals surface area contributed by atoms with Crippen LogP contribution < -0.4 is 11.3 Å². The Kier molecular flexibility index (Phi) is 3.72. The molecule has 5 heteroatoms. The van der Waals surface area contributed by atoms with E-state index in [1.54, 1.807) is 23.3 Å². The van der Waals surface area contributed by atoms with Crippen molar-refractivity contribution in [3.8, 4) is 0 Å².